The highest BCUT2D eigenvalue weighted by Gasteiger charge is 2.48. The summed E-state index contributed by atoms with van der Waals surface area (Å²) in [6, 6.07) is 40.2. The van der Waals surface area contributed by atoms with Crippen LogP contribution in [0.2, 0.25) is 0 Å². The molecule has 3 heterocycles. The summed E-state index contributed by atoms with van der Waals surface area (Å²) in [6.07, 6.45) is 4.70. The lowest BCUT2D eigenvalue weighted by Gasteiger charge is -2.48. The molecule has 0 unspecified atom stereocenters. The molecule has 3 aliphatic heterocycles. The third-order valence-corrected chi connectivity index (χ3v) is 16.1. The quantitative estimate of drug-likeness (QED) is 0.165. The van der Waals surface area contributed by atoms with Gasteiger partial charge in [-0.15, -0.1) is 0 Å². The van der Waals surface area contributed by atoms with Crippen LogP contribution in [0.3, 0.4) is 0 Å². The Balaban J connectivity index is 1.28. The fraction of sp³-hybridized carbons (Fsp3) is 0.390. The Morgan fingerprint density at radius 2 is 1.12 bits per heavy atom. The van der Waals surface area contributed by atoms with Crippen molar-refractivity contribution >= 4 is 57.2 Å². The Morgan fingerprint density at radius 3 is 1.80 bits per heavy atom. The summed E-state index contributed by atoms with van der Waals surface area (Å²) in [7, 11) is 0. The van der Waals surface area contributed by atoms with E-state index in [1.54, 1.807) is 0 Å². The van der Waals surface area contributed by atoms with Crippen LogP contribution >= 0.6 is 0 Å². The van der Waals surface area contributed by atoms with Gasteiger partial charge in [-0.2, -0.15) is 0 Å². The number of nitrogens with zero attached hydrogens (tertiary/aromatic N) is 2. The van der Waals surface area contributed by atoms with Crippen molar-refractivity contribution in [3.63, 3.8) is 0 Å². The predicted molar refractivity (Wildman–Crippen MR) is 271 cm³/mol. The first-order valence-corrected chi connectivity index (χ1v) is 24.0. The first-order chi connectivity index (χ1) is 30.2. The van der Waals surface area contributed by atoms with Gasteiger partial charge in [-0.3, -0.25) is 0 Å². The van der Waals surface area contributed by atoms with Gasteiger partial charge >= 0.3 is 0 Å². The molecule has 64 heavy (non-hydrogen) atoms. The molecule has 0 atom stereocenters. The minimum atomic E-state index is -0.0522. The molecule has 11 rings (SSSR count). The lowest BCUT2D eigenvalue weighted by Crippen LogP contribution is -2.62. The van der Waals surface area contributed by atoms with Gasteiger partial charge in [0.25, 0.3) is 6.71 Å². The van der Waals surface area contributed by atoms with Crippen molar-refractivity contribution in [1.82, 2.24) is 0 Å². The Labute approximate surface area is 383 Å². The normalized spacial score (nSPS) is 19.2. The molecule has 0 bridgehead atoms. The number of hydrogen-bond acceptors (Lipinski definition) is 4. The lowest BCUT2D eigenvalue weighted by molar-refractivity contribution is 0.172. The van der Waals surface area contributed by atoms with Gasteiger partial charge in [-0.25, -0.2) is 0 Å². The molecule has 6 aromatic rings. The standard InChI is InChI=1S/C59H65BN2O2/c1-36-30-49-52-50(31-36)62(53-40(37-16-14-13-15-17-37)20-23-51-54(53)64-29-28-63-51)47-22-18-38(55(2,3)4)32-45(47)60(52)46-34-43-44(59(11,12)27-26-58(43,9)10)35-48(46)61(49)39-19-21-41-42(33-39)57(7,8)25-24-56(41,5)6/h13-23,30-35H,24-29H2,1-12H3. The van der Waals surface area contributed by atoms with Crippen LogP contribution in [0, 0.1) is 6.92 Å². The molecule has 326 valence electrons. The van der Waals surface area contributed by atoms with Gasteiger partial charge in [0.05, 0.1) is 0 Å². The Morgan fingerprint density at radius 1 is 0.531 bits per heavy atom. The van der Waals surface area contributed by atoms with Gasteiger partial charge < -0.3 is 19.3 Å². The van der Waals surface area contributed by atoms with E-state index in [4.69, 9.17) is 9.47 Å². The van der Waals surface area contributed by atoms with Crippen molar-refractivity contribution in [3.05, 3.63) is 137 Å². The number of benzene rings is 6. The second-order valence-corrected chi connectivity index (χ2v) is 23.4. The molecule has 0 amide bonds. The maximum atomic E-state index is 6.77. The molecule has 0 spiro atoms. The van der Waals surface area contributed by atoms with E-state index < -0.39 is 0 Å². The first-order valence-electron chi connectivity index (χ1n) is 24.0. The molecule has 0 aromatic heterocycles. The summed E-state index contributed by atoms with van der Waals surface area (Å²) in [6.45, 7) is 30.0. The van der Waals surface area contributed by atoms with Crippen molar-refractivity contribution in [1.29, 1.82) is 0 Å². The van der Waals surface area contributed by atoms with Crippen LogP contribution in [0.25, 0.3) is 11.1 Å². The first kappa shape index (κ1) is 41.3. The minimum Gasteiger partial charge on any atom is -0.486 e. The van der Waals surface area contributed by atoms with Gasteiger partial charge in [-0.1, -0.05) is 131 Å². The average molecular weight is 845 g/mol. The van der Waals surface area contributed by atoms with Crippen LogP contribution in [0.15, 0.2) is 103 Å². The summed E-state index contributed by atoms with van der Waals surface area (Å²) < 4.78 is 13.2. The van der Waals surface area contributed by atoms with E-state index in [1.807, 2.05) is 0 Å². The maximum Gasteiger partial charge on any atom is 0.252 e. The van der Waals surface area contributed by atoms with Crippen molar-refractivity contribution in [2.75, 3.05) is 23.0 Å². The molecule has 2 aliphatic carbocycles. The molecule has 6 aromatic carbocycles. The average Bonchev–Trinajstić information content (AvgIpc) is 3.26. The number of hydrogen-bond donors (Lipinski definition) is 0. The SMILES string of the molecule is Cc1cc2c3c(c1)N(c1c(-c4ccccc4)ccc4c1OCCO4)c1ccc(C(C)(C)C)cc1B3c1cc3c(cc1N2c1ccc2c(c1)C(C)(C)CCC2(C)C)C(C)(C)CCC3(C)C. The maximum absolute atomic E-state index is 6.77. The summed E-state index contributed by atoms with van der Waals surface area (Å²) >= 11 is 0. The van der Waals surface area contributed by atoms with E-state index in [1.165, 1.54) is 104 Å². The third-order valence-electron chi connectivity index (χ3n) is 16.1. The summed E-state index contributed by atoms with van der Waals surface area (Å²) in [5.74, 6) is 1.60. The Kier molecular flexibility index (Phi) is 8.91. The fourth-order valence-corrected chi connectivity index (χ4v) is 12.1. The van der Waals surface area contributed by atoms with Crippen LogP contribution in [-0.2, 0) is 27.1 Å². The fourth-order valence-electron chi connectivity index (χ4n) is 12.1. The molecule has 0 radical (unpaired) electrons. The van der Waals surface area contributed by atoms with E-state index >= 15 is 0 Å². The van der Waals surface area contributed by atoms with Gasteiger partial charge in [0.15, 0.2) is 11.5 Å². The molecule has 0 saturated carbocycles. The highest BCUT2D eigenvalue weighted by atomic mass is 16.6. The summed E-state index contributed by atoms with van der Waals surface area (Å²) in [5, 5.41) is 0. The van der Waals surface area contributed by atoms with E-state index in [-0.39, 0.29) is 33.8 Å². The highest BCUT2D eigenvalue weighted by molar-refractivity contribution is 7.00. The number of anilines is 6. The molecular formula is C59H65BN2O2. The molecule has 4 nitrogen and oxygen atoms in total. The molecule has 0 saturated heterocycles. The van der Waals surface area contributed by atoms with Gasteiger partial charge in [0.1, 0.15) is 18.9 Å². The zero-order valence-corrected chi connectivity index (χ0v) is 40.3. The molecular weight excluding hydrogens is 779 g/mol. The number of ether oxygens (including phenoxy) is 2. The third kappa shape index (κ3) is 6.15. The van der Waals surface area contributed by atoms with Crippen LogP contribution in [0.4, 0.5) is 34.1 Å². The zero-order valence-electron chi connectivity index (χ0n) is 40.3. The monoisotopic (exact) mass is 845 g/mol. The second-order valence-electron chi connectivity index (χ2n) is 23.4. The van der Waals surface area contributed by atoms with Gasteiger partial charge in [0, 0.05) is 34.0 Å². The van der Waals surface area contributed by atoms with Crippen molar-refractivity contribution in [3.8, 4) is 22.6 Å². The summed E-state index contributed by atoms with van der Waals surface area (Å²) in [5.41, 5.74) is 22.3. The largest absolute Gasteiger partial charge is 0.486 e. The van der Waals surface area contributed by atoms with Crippen LogP contribution in [-0.4, -0.2) is 19.9 Å². The zero-order chi connectivity index (χ0) is 44.9. The van der Waals surface area contributed by atoms with Gasteiger partial charge in [-0.05, 0) is 164 Å². The smallest absolute Gasteiger partial charge is 0.252 e. The number of fused-ring (bicyclic) bond motifs is 7. The number of aryl methyl sites for hydroxylation is 1. The highest BCUT2D eigenvalue weighted by Crippen LogP contribution is 2.56. The number of rotatable bonds is 3. The predicted octanol–water partition coefficient (Wildman–Crippen LogP) is 13.5. The lowest BCUT2D eigenvalue weighted by atomic mass is 9.33. The molecule has 0 fully saturated rings. The summed E-state index contributed by atoms with van der Waals surface area (Å²) in [4.78, 5) is 5.22. The van der Waals surface area contributed by atoms with E-state index in [0.29, 0.717) is 13.2 Å². The Hall–Kier alpha value is -5.42. The Bertz CT molecular complexity index is 2910. The van der Waals surface area contributed by atoms with Crippen LogP contribution in [0.5, 0.6) is 11.5 Å². The second kappa shape index (κ2) is 13.8. The van der Waals surface area contributed by atoms with Crippen LogP contribution < -0.4 is 35.7 Å². The molecule has 5 aliphatic rings. The molecule has 0 N–H and O–H groups in total. The van der Waals surface area contributed by atoms with Gasteiger partial charge in [0.2, 0.25) is 0 Å². The topological polar surface area (TPSA) is 24.9 Å². The van der Waals surface area contributed by atoms with Crippen LogP contribution in [0.1, 0.15) is 135 Å². The van der Waals surface area contributed by atoms with E-state index in [2.05, 4.69) is 196 Å². The molecule has 5 heteroatoms. The van der Waals surface area contributed by atoms with E-state index in [0.717, 1.165) is 28.3 Å². The minimum absolute atomic E-state index is 0.00132. The van der Waals surface area contributed by atoms with E-state index in [9.17, 15) is 0 Å². The van der Waals surface area contributed by atoms with Crippen molar-refractivity contribution in [2.45, 2.75) is 136 Å². The van der Waals surface area contributed by atoms with Crippen molar-refractivity contribution in [2.24, 2.45) is 0 Å². The van der Waals surface area contributed by atoms with Crippen molar-refractivity contribution < 1.29 is 9.47 Å².